The number of carboxylic acid groups (broad SMARTS) is 1. The number of nitrogens with one attached hydrogen (secondary N) is 1. The molecular weight excluding hydrogens is 387 g/mol. The molecule has 1 amide bonds. The highest BCUT2D eigenvalue weighted by molar-refractivity contribution is 6.33. The van der Waals surface area contributed by atoms with Crippen molar-refractivity contribution in [1.29, 1.82) is 0 Å². The number of carbonyl (C=O) groups is 2. The van der Waals surface area contributed by atoms with Crippen molar-refractivity contribution in [2.24, 2.45) is 5.41 Å². The minimum Gasteiger partial charge on any atom is -0.481 e. The van der Waals surface area contributed by atoms with Crippen molar-refractivity contribution in [3.05, 3.63) is 40.4 Å². The Morgan fingerprint density at radius 2 is 2.21 bits per heavy atom. The van der Waals surface area contributed by atoms with Gasteiger partial charge in [-0.2, -0.15) is 0 Å². The lowest BCUT2D eigenvalue weighted by molar-refractivity contribution is -0.151. The molecule has 0 bridgehead atoms. The fourth-order valence-corrected chi connectivity index (χ4v) is 4.20. The molecule has 0 saturated heterocycles. The first-order valence-electron chi connectivity index (χ1n) is 9.24. The van der Waals surface area contributed by atoms with Crippen LogP contribution < -0.4 is 5.32 Å². The van der Waals surface area contributed by atoms with E-state index in [9.17, 15) is 19.1 Å². The molecule has 1 aromatic carbocycles. The molecule has 0 unspecified atom stereocenters. The molecule has 1 saturated carbocycles. The number of carboxylic acids is 1. The largest absolute Gasteiger partial charge is 0.481 e. The Bertz CT molecular complexity index is 893. The van der Waals surface area contributed by atoms with Crippen molar-refractivity contribution in [2.45, 2.75) is 52.0 Å². The van der Waals surface area contributed by atoms with Crippen LogP contribution in [0.2, 0.25) is 5.02 Å². The summed E-state index contributed by atoms with van der Waals surface area (Å²) >= 11 is 6.11. The Morgan fingerprint density at radius 1 is 1.46 bits per heavy atom. The molecule has 2 aromatic rings. The zero-order valence-corrected chi connectivity index (χ0v) is 16.5. The first kappa shape index (κ1) is 20.3. The molecule has 1 aliphatic rings. The predicted molar refractivity (Wildman–Crippen MR) is 102 cm³/mol. The van der Waals surface area contributed by atoms with Gasteiger partial charge in [0.2, 0.25) is 0 Å². The maximum absolute atomic E-state index is 14.3. The minimum atomic E-state index is -0.839. The molecular formula is C20H22ClFN2O4. The van der Waals surface area contributed by atoms with Gasteiger partial charge in [-0.15, -0.1) is 0 Å². The van der Waals surface area contributed by atoms with Gasteiger partial charge in [-0.05, 0) is 44.7 Å². The van der Waals surface area contributed by atoms with Gasteiger partial charge in [-0.1, -0.05) is 36.2 Å². The van der Waals surface area contributed by atoms with E-state index < -0.39 is 23.1 Å². The van der Waals surface area contributed by atoms with Gasteiger partial charge in [0.1, 0.15) is 22.8 Å². The Balaban J connectivity index is 1.88. The third-order valence-corrected chi connectivity index (χ3v) is 5.92. The minimum absolute atomic E-state index is 0.00301. The second-order valence-corrected chi connectivity index (χ2v) is 7.67. The van der Waals surface area contributed by atoms with Crippen LogP contribution in [-0.4, -0.2) is 28.2 Å². The summed E-state index contributed by atoms with van der Waals surface area (Å²) in [6.07, 6.45) is 2.83. The van der Waals surface area contributed by atoms with E-state index in [4.69, 9.17) is 16.1 Å². The number of aryl methyl sites for hydroxylation is 1. The lowest BCUT2D eigenvalue weighted by atomic mass is 9.70. The summed E-state index contributed by atoms with van der Waals surface area (Å²) in [7, 11) is 0. The molecule has 0 spiro atoms. The van der Waals surface area contributed by atoms with Gasteiger partial charge in [0.25, 0.3) is 5.91 Å². The second-order valence-electron chi connectivity index (χ2n) is 7.26. The molecule has 2 atom stereocenters. The summed E-state index contributed by atoms with van der Waals surface area (Å²) in [4.78, 5) is 24.7. The Hall–Kier alpha value is -2.41. The van der Waals surface area contributed by atoms with Gasteiger partial charge in [0.15, 0.2) is 0 Å². The highest BCUT2D eigenvalue weighted by Gasteiger charge is 2.42. The van der Waals surface area contributed by atoms with Gasteiger partial charge >= 0.3 is 5.97 Å². The van der Waals surface area contributed by atoms with Crippen LogP contribution in [-0.2, 0) is 4.79 Å². The molecule has 150 valence electrons. The fraction of sp³-hybridized carbons (Fsp3) is 0.450. The van der Waals surface area contributed by atoms with Gasteiger partial charge in [-0.25, -0.2) is 4.39 Å². The van der Waals surface area contributed by atoms with Crippen LogP contribution in [0.3, 0.4) is 0 Å². The molecule has 6 nitrogen and oxygen atoms in total. The summed E-state index contributed by atoms with van der Waals surface area (Å²) in [6, 6.07) is 3.91. The number of aromatic nitrogens is 1. The van der Waals surface area contributed by atoms with Crippen LogP contribution in [0, 0.1) is 18.2 Å². The standard InChI is InChI=1S/C20H22ClFN2O4/c1-3-20(19(26)27)9-5-6-12(10-20)23-18(25)15-11(2)28-24-17(15)16-13(21)7-4-8-14(16)22/h4,7-8,12H,3,5-6,9-10H2,1-2H3,(H,23,25)(H,26,27)/t12-,20+/m0/s1. The van der Waals surface area contributed by atoms with E-state index in [-0.39, 0.29) is 33.6 Å². The van der Waals surface area contributed by atoms with Crippen molar-refractivity contribution in [1.82, 2.24) is 10.5 Å². The van der Waals surface area contributed by atoms with E-state index in [0.717, 1.165) is 0 Å². The van der Waals surface area contributed by atoms with E-state index in [1.807, 2.05) is 6.92 Å². The highest BCUT2D eigenvalue weighted by atomic mass is 35.5. The average molecular weight is 409 g/mol. The molecule has 2 N–H and O–H groups in total. The lowest BCUT2D eigenvalue weighted by Gasteiger charge is -2.37. The third-order valence-electron chi connectivity index (χ3n) is 5.60. The van der Waals surface area contributed by atoms with E-state index >= 15 is 0 Å². The number of nitrogens with zero attached hydrogens (tertiary/aromatic N) is 1. The van der Waals surface area contributed by atoms with Crippen molar-refractivity contribution >= 4 is 23.5 Å². The van der Waals surface area contributed by atoms with Crippen LogP contribution >= 0.6 is 11.6 Å². The zero-order valence-electron chi connectivity index (χ0n) is 15.7. The number of aliphatic carboxylic acids is 1. The van der Waals surface area contributed by atoms with E-state index in [2.05, 4.69) is 10.5 Å². The Kier molecular flexibility index (Phi) is 5.74. The quantitative estimate of drug-likeness (QED) is 0.754. The number of benzene rings is 1. The highest BCUT2D eigenvalue weighted by Crippen LogP contribution is 2.40. The van der Waals surface area contributed by atoms with Crippen molar-refractivity contribution < 1.29 is 23.6 Å². The summed E-state index contributed by atoms with van der Waals surface area (Å²) in [5, 5.41) is 16.5. The van der Waals surface area contributed by atoms with Crippen LogP contribution in [0.5, 0.6) is 0 Å². The lowest BCUT2D eigenvalue weighted by Crippen LogP contribution is -2.45. The van der Waals surface area contributed by atoms with Gasteiger partial charge in [-0.3, -0.25) is 9.59 Å². The first-order chi connectivity index (χ1) is 13.3. The van der Waals surface area contributed by atoms with E-state index in [1.165, 1.54) is 18.2 Å². The molecule has 28 heavy (non-hydrogen) atoms. The average Bonchev–Trinajstić information content (AvgIpc) is 3.02. The van der Waals surface area contributed by atoms with Crippen LogP contribution in [0.4, 0.5) is 4.39 Å². The Labute approximate surface area is 167 Å². The number of hydrogen-bond acceptors (Lipinski definition) is 4. The predicted octanol–water partition coefficient (Wildman–Crippen LogP) is 4.60. The Morgan fingerprint density at radius 3 is 2.86 bits per heavy atom. The molecule has 1 heterocycles. The van der Waals surface area contributed by atoms with E-state index in [1.54, 1.807) is 6.92 Å². The maximum atomic E-state index is 14.3. The number of hydrogen-bond donors (Lipinski definition) is 2. The topological polar surface area (TPSA) is 92.4 Å². The number of carbonyl (C=O) groups excluding carboxylic acids is 1. The normalized spacial score (nSPS) is 22.1. The molecule has 0 radical (unpaired) electrons. The van der Waals surface area contributed by atoms with E-state index in [0.29, 0.717) is 32.1 Å². The van der Waals surface area contributed by atoms with Crippen LogP contribution in [0.25, 0.3) is 11.3 Å². The van der Waals surface area contributed by atoms with Crippen molar-refractivity contribution in [2.75, 3.05) is 0 Å². The number of rotatable bonds is 5. The van der Waals surface area contributed by atoms with Gasteiger partial charge in [0.05, 0.1) is 16.0 Å². The van der Waals surface area contributed by atoms with Crippen molar-refractivity contribution in [3.63, 3.8) is 0 Å². The summed E-state index contributed by atoms with van der Waals surface area (Å²) < 4.78 is 19.5. The van der Waals surface area contributed by atoms with Crippen molar-refractivity contribution in [3.8, 4) is 11.3 Å². The summed E-state index contributed by atoms with van der Waals surface area (Å²) in [5.41, 5.74) is -0.690. The zero-order chi connectivity index (χ0) is 20.5. The summed E-state index contributed by atoms with van der Waals surface area (Å²) in [6.45, 7) is 3.41. The first-order valence-corrected chi connectivity index (χ1v) is 9.62. The number of amides is 1. The van der Waals surface area contributed by atoms with Gasteiger partial charge in [0, 0.05) is 6.04 Å². The molecule has 1 fully saturated rings. The molecule has 1 aromatic heterocycles. The monoisotopic (exact) mass is 408 g/mol. The SMILES string of the molecule is CC[C@@]1(C(=O)O)CCC[C@H](NC(=O)c2c(-c3c(F)cccc3Cl)noc2C)C1. The molecule has 0 aliphatic heterocycles. The number of halogens is 2. The molecule has 1 aliphatic carbocycles. The van der Waals surface area contributed by atoms with Crippen LogP contribution in [0.1, 0.15) is 55.1 Å². The van der Waals surface area contributed by atoms with Gasteiger partial charge < -0.3 is 14.9 Å². The smallest absolute Gasteiger partial charge is 0.309 e. The second kappa shape index (κ2) is 7.91. The third kappa shape index (κ3) is 3.63. The summed E-state index contributed by atoms with van der Waals surface area (Å²) in [5.74, 6) is -1.68. The molecule has 3 rings (SSSR count). The maximum Gasteiger partial charge on any atom is 0.309 e. The van der Waals surface area contributed by atoms with Crippen LogP contribution in [0.15, 0.2) is 22.7 Å². The fourth-order valence-electron chi connectivity index (χ4n) is 3.94. The molecule has 8 heteroatoms.